The molecule has 0 aromatic rings. The van der Waals surface area contributed by atoms with Gasteiger partial charge < -0.3 is 19.3 Å². The highest BCUT2D eigenvalue weighted by atomic mass is 16.5. The van der Waals surface area contributed by atoms with Crippen LogP contribution in [0.1, 0.15) is 6.92 Å². The Bertz CT molecular complexity index is 236. The molecule has 0 unspecified atom stereocenters. The summed E-state index contributed by atoms with van der Waals surface area (Å²) in [4.78, 5) is 24.2. The summed E-state index contributed by atoms with van der Waals surface area (Å²) >= 11 is 0. The van der Waals surface area contributed by atoms with Crippen LogP contribution >= 0.6 is 0 Å². The van der Waals surface area contributed by atoms with Crippen LogP contribution in [0.2, 0.25) is 0 Å². The first-order valence-electron chi connectivity index (χ1n) is 5.84. The third-order valence-corrected chi connectivity index (χ3v) is 2.65. The van der Waals surface area contributed by atoms with E-state index in [2.05, 4.69) is 0 Å². The first-order chi connectivity index (χ1) is 8.24. The summed E-state index contributed by atoms with van der Waals surface area (Å²) in [6, 6.07) is 0. The molecule has 6 nitrogen and oxygen atoms in total. The van der Waals surface area contributed by atoms with Crippen molar-refractivity contribution in [2.24, 2.45) is 0 Å². The number of hydrogen-bond acceptors (Lipinski definition) is 4. The first kappa shape index (κ1) is 13.9. The minimum Gasteiger partial charge on any atom is -0.378 e. The van der Waals surface area contributed by atoms with E-state index >= 15 is 0 Å². The molecule has 0 atom stereocenters. The largest absolute Gasteiger partial charge is 0.378 e. The van der Waals surface area contributed by atoms with Gasteiger partial charge in [-0.3, -0.25) is 9.59 Å². The van der Waals surface area contributed by atoms with Gasteiger partial charge in [0.25, 0.3) is 0 Å². The Morgan fingerprint density at radius 3 is 1.76 bits per heavy atom. The molecule has 0 bridgehead atoms. The minimum atomic E-state index is 0.151. The number of amides is 2. The summed E-state index contributed by atoms with van der Waals surface area (Å²) in [6.07, 6.45) is 0.864. The molecule has 0 aromatic heterocycles. The van der Waals surface area contributed by atoms with E-state index in [-0.39, 0.29) is 5.91 Å². The highest BCUT2D eigenvalue weighted by Gasteiger charge is 2.11. The standard InChI is InChI=1S/C6H11NO2.C5H9NO2/c1-6(8)7-2-4-9-5-3-7;7-5-6-1-3-8-4-2-6/h2-5H2,1H3;5H,1-4H2. The Labute approximate surface area is 101 Å². The third-order valence-electron chi connectivity index (χ3n) is 2.65. The molecule has 2 fully saturated rings. The summed E-state index contributed by atoms with van der Waals surface area (Å²) in [5.41, 5.74) is 0. The van der Waals surface area contributed by atoms with E-state index in [0.717, 1.165) is 32.6 Å². The first-order valence-corrected chi connectivity index (χ1v) is 5.84. The van der Waals surface area contributed by atoms with E-state index in [4.69, 9.17) is 9.47 Å². The van der Waals surface area contributed by atoms with Crippen LogP contribution in [0.25, 0.3) is 0 Å². The Kier molecular flexibility index (Phi) is 6.57. The van der Waals surface area contributed by atoms with Gasteiger partial charge in [0, 0.05) is 33.1 Å². The number of carbonyl (C=O) groups excluding carboxylic acids is 2. The third kappa shape index (κ3) is 5.65. The fourth-order valence-electron chi connectivity index (χ4n) is 1.56. The maximum absolute atomic E-state index is 10.7. The van der Waals surface area contributed by atoms with Gasteiger partial charge in [-0.25, -0.2) is 0 Å². The second kappa shape index (κ2) is 8.03. The second-order valence-corrected chi connectivity index (χ2v) is 3.87. The van der Waals surface area contributed by atoms with Crippen molar-refractivity contribution >= 4 is 12.3 Å². The number of rotatable bonds is 1. The van der Waals surface area contributed by atoms with Crippen molar-refractivity contribution in [2.45, 2.75) is 6.92 Å². The summed E-state index contributed by atoms with van der Waals surface area (Å²) in [6.45, 7) is 7.39. The van der Waals surface area contributed by atoms with Crippen molar-refractivity contribution < 1.29 is 19.1 Å². The van der Waals surface area contributed by atoms with E-state index < -0.39 is 0 Å². The summed E-state index contributed by atoms with van der Waals surface area (Å²) in [7, 11) is 0. The molecule has 6 heteroatoms. The molecule has 2 saturated heterocycles. The number of hydrogen-bond donors (Lipinski definition) is 0. The minimum absolute atomic E-state index is 0.151. The molecule has 0 spiro atoms. The highest BCUT2D eigenvalue weighted by Crippen LogP contribution is 1.95. The van der Waals surface area contributed by atoms with Crippen molar-refractivity contribution in [1.82, 2.24) is 9.80 Å². The Morgan fingerprint density at radius 1 is 1.00 bits per heavy atom. The average Bonchev–Trinajstić information content (AvgIpc) is 2.41. The van der Waals surface area contributed by atoms with Gasteiger partial charge in [0.2, 0.25) is 12.3 Å². The van der Waals surface area contributed by atoms with Crippen molar-refractivity contribution in [1.29, 1.82) is 0 Å². The van der Waals surface area contributed by atoms with Gasteiger partial charge in [0.1, 0.15) is 0 Å². The van der Waals surface area contributed by atoms with Crippen molar-refractivity contribution in [3.8, 4) is 0 Å². The molecular weight excluding hydrogens is 224 g/mol. The topological polar surface area (TPSA) is 59.1 Å². The molecule has 17 heavy (non-hydrogen) atoms. The Balaban J connectivity index is 0.000000171. The predicted molar refractivity (Wildman–Crippen MR) is 61.5 cm³/mol. The van der Waals surface area contributed by atoms with Crippen LogP contribution in [0, 0.1) is 0 Å². The molecule has 2 aliphatic heterocycles. The number of morpholine rings is 2. The van der Waals surface area contributed by atoms with E-state index in [1.807, 2.05) is 0 Å². The smallest absolute Gasteiger partial charge is 0.219 e. The van der Waals surface area contributed by atoms with E-state index in [9.17, 15) is 9.59 Å². The predicted octanol–water partition coefficient (Wildman–Crippen LogP) is -0.660. The maximum Gasteiger partial charge on any atom is 0.219 e. The molecule has 2 rings (SSSR count). The molecule has 0 aliphatic carbocycles. The van der Waals surface area contributed by atoms with Crippen LogP contribution < -0.4 is 0 Å². The monoisotopic (exact) mass is 244 g/mol. The molecule has 2 aliphatic rings. The van der Waals surface area contributed by atoms with Crippen molar-refractivity contribution in [3.63, 3.8) is 0 Å². The van der Waals surface area contributed by atoms with Gasteiger partial charge in [-0.2, -0.15) is 0 Å². The summed E-state index contributed by atoms with van der Waals surface area (Å²) < 4.78 is 10.1. The molecular formula is C11H20N2O4. The normalized spacial score (nSPS) is 20.3. The Hall–Kier alpha value is -1.14. The van der Waals surface area contributed by atoms with Crippen LogP contribution in [-0.4, -0.2) is 74.7 Å². The van der Waals surface area contributed by atoms with Crippen LogP contribution in [-0.2, 0) is 19.1 Å². The fraction of sp³-hybridized carbons (Fsp3) is 0.818. The highest BCUT2D eigenvalue weighted by molar-refractivity contribution is 5.73. The van der Waals surface area contributed by atoms with Gasteiger partial charge in [0.15, 0.2) is 0 Å². The lowest BCUT2D eigenvalue weighted by molar-refractivity contribution is -0.132. The lowest BCUT2D eigenvalue weighted by Crippen LogP contribution is -2.39. The van der Waals surface area contributed by atoms with Gasteiger partial charge in [-0.05, 0) is 0 Å². The van der Waals surface area contributed by atoms with Gasteiger partial charge >= 0.3 is 0 Å². The van der Waals surface area contributed by atoms with Crippen molar-refractivity contribution in [3.05, 3.63) is 0 Å². The molecule has 2 heterocycles. The van der Waals surface area contributed by atoms with Gasteiger partial charge in [-0.1, -0.05) is 0 Å². The van der Waals surface area contributed by atoms with Crippen molar-refractivity contribution in [2.75, 3.05) is 52.6 Å². The van der Waals surface area contributed by atoms with Crippen LogP contribution in [0.4, 0.5) is 0 Å². The molecule has 0 N–H and O–H groups in total. The molecule has 2 amide bonds. The van der Waals surface area contributed by atoms with E-state index in [1.54, 1.807) is 16.7 Å². The van der Waals surface area contributed by atoms with Crippen LogP contribution in [0.15, 0.2) is 0 Å². The lowest BCUT2D eigenvalue weighted by Gasteiger charge is -2.25. The summed E-state index contributed by atoms with van der Waals surface area (Å²) in [5.74, 6) is 0.151. The summed E-state index contributed by atoms with van der Waals surface area (Å²) in [5, 5.41) is 0. The molecule has 0 saturated carbocycles. The Morgan fingerprint density at radius 2 is 1.47 bits per heavy atom. The molecule has 98 valence electrons. The SMILES string of the molecule is CC(=O)N1CCOCC1.O=CN1CCOCC1. The van der Waals surface area contributed by atoms with Gasteiger partial charge in [0.05, 0.1) is 26.4 Å². The number of carbonyl (C=O) groups is 2. The number of nitrogens with zero attached hydrogens (tertiary/aromatic N) is 2. The van der Waals surface area contributed by atoms with Crippen LogP contribution in [0.5, 0.6) is 0 Å². The average molecular weight is 244 g/mol. The number of ether oxygens (including phenoxy) is 2. The van der Waals surface area contributed by atoms with Crippen LogP contribution in [0.3, 0.4) is 0 Å². The van der Waals surface area contributed by atoms with Gasteiger partial charge in [-0.15, -0.1) is 0 Å². The zero-order valence-corrected chi connectivity index (χ0v) is 10.3. The maximum atomic E-state index is 10.7. The lowest BCUT2D eigenvalue weighted by atomic mass is 10.4. The van der Waals surface area contributed by atoms with E-state index in [1.165, 1.54) is 0 Å². The second-order valence-electron chi connectivity index (χ2n) is 3.87. The molecule has 0 radical (unpaired) electrons. The quantitative estimate of drug-likeness (QED) is 0.575. The fourth-order valence-corrected chi connectivity index (χ4v) is 1.56. The molecule has 0 aromatic carbocycles. The zero-order valence-electron chi connectivity index (χ0n) is 10.3. The van der Waals surface area contributed by atoms with E-state index in [0.29, 0.717) is 26.4 Å². The zero-order chi connectivity index (χ0) is 12.5.